The largest absolute Gasteiger partial charge is 0.493 e. The number of nitrogens with one attached hydrogen (secondary N) is 1. The smallest absolute Gasteiger partial charge is 0.223 e. The molecule has 0 aliphatic rings. The fourth-order valence-electron chi connectivity index (χ4n) is 2.28. The van der Waals surface area contributed by atoms with Crippen molar-refractivity contribution in [3.63, 3.8) is 0 Å². The summed E-state index contributed by atoms with van der Waals surface area (Å²) in [6, 6.07) is 7.07. The highest BCUT2D eigenvalue weighted by atomic mass is 35.5. The van der Waals surface area contributed by atoms with Crippen molar-refractivity contribution in [1.82, 2.24) is 5.32 Å². The van der Waals surface area contributed by atoms with Crippen molar-refractivity contribution < 1.29 is 9.53 Å². The number of rotatable bonds is 8. The van der Waals surface area contributed by atoms with E-state index in [1.54, 1.807) is 24.3 Å². The lowest BCUT2D eigenvalue weighted by molar-refractivity contribution is -0.123. The van der Waals surface area contributed by atoms with E-state index in [4.69, 9.17) is 22.1 Å². The van der Waals surface area contributed by atoms with Gasteiger partial charge >= 0.3 is 0 Å². The summed E-state index contributed by atoms with van der Waals surface area (Å²) in [6.07, 6.45) is 1.16. The molecule has 1 aromatic rings. The molecule has 1 aromatic carbocycles. The minimum absolute atomic E-state index is 0.0439. The number of nitrogens with two attached hydrogens (primary N) is 1. The van der Waals surface area contributed by atoms with Gasteiger partial charge in [0, 0.05) is 17.1 Å². The van der Waals surface area contributed by atoms with E-state index in [1.165, 1.54) is 0 Å². The second-order valence-corrected chi connectivity index (χ2v) is 6.40. The van der Waals surface area contributed by atoms with E-state index in [0.717, 1.165) is 6.42 Å². The Labute approximate surface area is 132 Å². The van der Waals surface area contributed by atoms with Crippen LogP contribution < -0.4 is 15.8 Å². The molecule has 0 radical (unpaired) electrons. The molecule has 1 unspecified atom stereocenters. The molecular formula is C16H25ClN2O2. The Kier molecular flexibility index (Phi) is 6.99. The lowest BCUT2D eigenvalue weighted by atomic mass is 9.90. The van der Waals surface area contributed by atoms with Gasteiger partial charge in [-0.25, -0.2) is 0 Å². The summed E-state index contributed by atoms with van der Waals surface area (Å²) in [7, 11) is 0. The number of ether oxygens (including phenoxy) is 1. The number of hydrogen-bond donors (Lipinski definition) is 2. The van der Waals surface area contributed by atoms with E-state index in [1.807, 2.05) is 6.92 Å². The van der Waals surface area contributed by atoms with Crippen LogP contribution in [0.3, 0.4) is 0 Å². The molecule has 4 nitrogen and oxygen atoms in total. The van der Waals surface area contributed by atoms with Crippen molar-refractivity contribution in [3.8, 4) is 5.75 Å². The average Bonchev–Trinajstić information content (AvgIpc) is 2.40. The molecule has 0 saturated heterocycles. The number of benzene rings is 1. The molecule has 0 fully saturated rings. The molecule has 1 rings (SSSR count). The molecule has 0 aliphatic carbocycles. The molecule has 0 aromatic heterocycles. The van der Waals surface area contributed by atoms with Crippen LogP contribution in [0.5, 0.6) is 5.75 Å². The van der Waals surface area contributed by atoms with Crippen LogP contribution in [0, 0.1) is 5.92 Å². The van der Waals surface area contributed by atoms with Gasteiger partial charge in [-0.15, -0.1) is 0 Å². The second kappa shape index (κ2) is 8.25. The van der Waals surface area contributed by atoms with Gasteiger partial charge in [-0.2, -0.15) is 0 Å². The number of hydrogen-bond acceptors (Lipinski definition) is 3. The van der Waals surface area contributed by atoms with E-state index in [9.17, 15) is 4.79 Å². The fourth-order valence-corrected chi connectivity index (χ4v) is 2.40. The maximum absolute atomic E-state index is 12.0. The van der Waals surface area contributed by atoms with E-state index < -0.39 is 0 Å². The predicted molar refractivity (Wildman–Crippen MR) is 86.6 cm³/mol. The quantitative estimate of drug-likeness (QED) is 0.775. The van der Waals surface area contributed by atoms with Crippen LogP contribution in [0.15, 0.2) is 24.3 Å². The van der Waals surface area contributed by atoms with Crippen LogP contribution in [-0.4, -0.2) is 24.6 Å². The van der Waals surface area contributed by atoms with Crippen LogP contribution >= 0.6 is 11.6 Å². The Morgan fingerprint density at radius 1 is 1.38 bits per heavy atom. The van der Waals surface area contributed by atoms with Gasteiger partial charge in [-0.3, -0.25) is 4.79 Å². The highest BCUT2D eigenvalue weighted by Crippen LogP contribution is 2.17. The lowest BCUT2D eigenvalue weighted by Crippen LogP contribution is -2.52. The second-order valence-electron chi connectivity index (χ2n) is 5.96. The molecular weight excluding hydrogens is 288 g/mol. The van der Waals surface area contributed by atoms with Gasteiger partial charge in [-0.05, 0) is 43.5 Å². The van der Waals surface area contributed by atoms with Crippen LogP contribution in [0.4, 0.5) is 0 Å². The topological polar surface area (TPSA) is 64.3 Å². The molecule has 5 heteroatoms. The molecule has 0 aliphatic heterocycles. The molecule has 1 atom stereocenters. The first-order chi connectivity index (χ1) is 9.84. The number of halogens is 1. The molecule has 0 spiro atoms. The minimum Gasteiger partial charge on any atom is -0.493 e. The van der Waals surface area contributed by atoms with Crippen molar-refractivity contribution in [1.29, 1.82) is 0 Å². The summed E-state index contributed by atoms with van der Waals surface area (Å²) in [5.74, 6) is 1.14. The van der Waals surface area contributed by atoms with Gasteiger partial charge in [0.15, 0.2) is 0 Å². The van der Waals surface area contributed by atoms with E-state index in [2.05, 4.69) is 19.2 Å². The minimum atomic E-state index is -0.356. The molecule has 0 saturated carbocycles. The highest BCUT2D eigenvalue weighted by Gasteiger charge is 2.25. The summed E-state index contributed by atoms with van der Waals surface area (Å²) in [5.41, 5.74) is 5.42. The van der Waals surface area contributed by atoms with E-state index in [-0.39, 0.29) is 11.4 Å². The Hall–Kier alpha value is -1.26. The predicted octanol–water partition coefficient (Wildman–Crippen LogP) is 2.99. The zero-order valence-electron chi connectivity index (χ0n) is 13.0. The Balaban J connectivity index is 2.37. The third kappa shape index (κ3) is 6.82. The summed E-state index contributed by atoms with van der Waals surface area (Å²) < 4.78 is 5.51. The van der Waals surface area contributed by atoms with Gasteiger partial charge in [0.1, 0.15) is 5.75 Å². The first kappa shape index (κ1) is 17.8. The first-order valence-corrected chi connectivity index (χ1v) is 7.62. The molecule has 1 amide bonds. The van der Waals surface area contributed by atoms with Crippen molar-refractivity contribution in [2.75, 3.05) is 13.2 Å². The maximum Gasteiger partial charge on any atom is 0.223 e. The SMILES string of the molecule is CC(C)CC(C)(CN)NC(=O)CCOc1ccc(Cl)cc1. The molecule has 21 heavy (non-hydrogen) atoms. The average molecular weight is 313 g/mol. The molecule has 3 N–H and O–H groups in total. The van der Waals surface area contributed by atoms with Gasteiger partial charge in [0.25, 0.3) is 0 Å². The molecule has 118 valence electrons. The number of amides is 1. The normalized spacial score (nSPS) is 13.8. The van der Waals surface area contributed by atoms with Crippen molar-refractivity contribution in [2.24, 2.45) is 11.7 Å². The third-order valence-electron chi connectivity index (χ3n) is 3.16. The third-order valence-corrected chi connectivity index (χ3v) is 3.41. The fraction of sp³-hybridized carbons (Fsp3) is 0.562. The molecule has 0 bridgehead atoms. The first-order valence-electron chi connectivity index (χ1n) is 7.24. The standard InChI is InChI=1S/C16H25ClN2O2/c1-12(2)10-16(3,11-18)19-15(20)8-9-21-14-6-4-13(17)5-7-14/h4-7,12H,8-11,18H2,1-3H3,(H,19,20). The molecule has 0 heterocycles. The maximum atomic E-state index is 12.0. The van der Waals surface area contributed by atoms with Crippen molar-refractivity contribution in [2.45, 2.75) is 39.2 Å². The van der Waals surface area contributed by atoms with Gasteiger partial charge in [0.2, 0.25) is 5.91 Å². The van der Waals surface area contributed by atoms with Crippen molar-refractivity contribution in [3.05, 3.63) is 29.3 Å². The van der Waals surface area contributed by atoms with Gasteiger partial charge in [-0.1, -0.05) is 25.4 Å². The van der Waals surface area contributed by atoms with E-state index in [0.29, 0.717) is 36.3 Å². The van der Waals surface area contributed by atoms with Crippen LogP contribution in [0.25, 0.3) is 0 Å². The monoisotopic (exact) mass is 312 g/mol. The van der Waals surface area contributed by atoms with Gasteiger partial charge < -0.3 is 15.8 Å². The van der Waals surface area contributed by atoms with Gasteiger partial charge in [0.05, 0.1) is 13.0 Å². The highest BCUT2D eigenvalue weighted by molar-refractivity contribution is 6.30. The van der Waals surface area contributed by atoms with Crippen LogP contribution in [-0.2, 0) is 4.79 Å². The van der Waals surface area contributed by atoms with Crippen LogP contribution in [0.2, 0.25) is 5.02 Å². The summed E-state index contributed by atoms with van der Waals surface area (Å²) in [4.78, 5) is 12.0. The Morgan fingerprint density at radius 3 is 2.52 bits per heavy atom. The lowest BCUT2D eigenvalue weighted by Gasteiger charge is -2.31. The zero-order chi connectivity index (χ0) is 15.9. The number of carbonyl (C=O) groups is 1. The summed E-state index contributed by atoms with van der Waals surface area (Å²) in [6.45, 7) is 6.96. The summed E-state index contributed by atoms with van der Waals surface area (Å²) in [5, 5.41) is 3.66. The summed E-state index contributed by atoms with van der Waals surface area (Å²) >= 11 is 5.79. The van der Waals surface area contributed by atoms with Crippen molar-refractivity contribution >= 4 is 17.5 Å². The van der Waals surface area contributed by atoms with Crippen LogP contribution in [0.1, 0.15) is 33.6 Å². The Bertz CT molecular complexity index is 448. The Morgan fingerprint density at radius 2 is 2.00 bits per heavy atom. The number of carbonyl (C=O) groups excluding carboxylic acids is 1. The van der Waals surface area contributed by atoms with E-state index >= 15 is 0 Å². The zero-order valence-corrected chi connectivity index (χ0v) is 13.7.